The van der Waals surface area contributed by atoms with Gasteiger partial charge in [0.1, 0.15) is 0 Å². The Morgan fingerprint density at radius 2 is 2.24 bits per heavy atom. The van der Waals surface area contributed by atoms with Gasteiger partial charge in [-0.2, -0.15) is 0 Å². The SMILES string of the molecule is Cc1ccc(C(=O)N(CCCl)CC(F)F)cn1. The molecule has 17 heavy (non-hydrogen) atoms. The summed E-state index contributed by atoms with van der Waals surface area (Å²) >= 11 is 5.48. The quantitative estimate of drug-likeness (QED) is 0.763. The highest BCUT2D eigenvalue weighted by Gasteiger charge is 2.19. The minimum Gasteiger partial charge on any atom is -0.332 e. The zero-order valence-electron chi connectivity index (χ0n) is 9.37. The van der Waals surface area contributed by atoms with E-state index in [0.717, 1.165) is 10.6 Å². The zero-order chi connectivity index (χ0) is 12.8. The predicted molar refractivity (Wildman–Crippen MR) is 61.6 cm³/mol. The molecule has 6 heteroatoms. The van der Waals surface area contributed by atoms with Gasteiger partial charge in [-0.3, -0.25) is 9.78 Å². The minimum absolute atomic E-state index is 0.0958. The lowest BCUT2D eigenvalue weighted by molar-refractivity contribution is 0.0570. The molecule has 0 aromatic carbocycles. The van der Waals surface area contributed by atoms with E-state index in [1.165, 1.54) is 6.20 Å². The Hall–Kier alpha value is -1.23. The number of halogens is 3. The molecule has 1 aromatic heterocycles. The molecule has 0 aliphatic carbocycles. The number of hydrogen-bond acceptors (Lipinski definition) is 2. The summed E-state index contributed by atoms with van der Waals surface area (Å²) in [5, 5.41) is 0. The van der Waals surface area contributed by atoms with Crippen molar-refractivity contribution in [3.63, 3.8) is 0 Å². The summed E-state index contributed by atoms with van der Waals surface area (Å²) < 4.78 is 24.6. The molecule has 1 aromatic rings. The van der Waals surface area contributed by atoms with Crippen molar-refractivity contribution in [3.05, 3.63) is 29.6 Å². The van der Waals surface area contributed by atoms with Crippen LogP contribution in [0.5, 0.6) is 0 Å². The minimum atomic E-state index is -2.57. The molecular formula is C11H13ClF2N2O. The van der Waals surface area contributed by atoms with Gasteiger partial charge in [0.2, 0.25) is 0 Å². The van der Waals surface area contributed by atoms with E-state index in [4.69, 9.17) is 11.6 Å². The van der Waals surface area contributed by atoms with Gasteiger partial charge in [-0.25, -0.2) is 8.78 Å². The van der Waals surface area contributed by atoms with E-state index in [1.54, 1.807) is 19.1 Å². The number of nitrogens with zero attached hydrogens (tertiary/aromatic N) is 2. The fraction of sp³-hybridized carbons (Fsp3) is 0.455. The van der Waals surface area contributed by atoms with Gasteiger partial charge >= 0.3 is 0 Å². The van der Waals surface area contributed by atoms with Crippen LogP contribution in [-0.4, -0.2) is 41.2 Å². The van der Waals surface area contributed by atoms with Gasteiger partial charge in [0, 0.05) is 24.3 Å². The third-order valence-electron chi connectivity index (χ3n) is 2.16. The van der Waals surface area contributed by atoms with Gasteiger partial charge in [0.05, 0.1) is 12.1 Å². The zero-order valence-corrected chi connectivity index (χ0v) is 10.1. The summed E-state index contributed by atoms with van der Waals surface area (Å²) in [6.07, 6.45) is -1.19. The van der Waals surface area contributed by atoms with Crippen molar-refractivity contribution in [1.82, 2.24) is 9.88 Å². The van der Waals surface area contributed by atoms with Gasteiger partial charge in [-0.15, -0.1) is 11.6 Å². The van der Waals surface area contributed by atoms with E-state index in [2.05, 4.69) is 4.98 Å². The number of amides is 1. The molecule has 0 aliphatic heterocycles. The Balaban J connectivity index is 2.79. The van der Waals surface area contributed by atoms with Crippen molar-refractivity contribution < 1.29 is 13.6 Å². The first-order valence-electron chi connectivity index (χ1n) is 5.10. The maximum atomic E-state index is 12.3. The van der Waals surface area contributed by atoms with E-state index < -0.39 is 18.9 Å². The molecule has 0 spiro atoms. The Morgan fingerprint density at radius 3 is 2.71 bits per heavy atom. The Bertz CT molecular complexity index is 370. The second kappa shape index (κ2) is 6.49. The number of carbonyl (C=O) groups is 1. The van der Waals surface area contributed by atoms with Crippen molar-refractivity contribution in [3.8, 4) is 0 Å². The molecule has 0 aliphatic rings. The lowest BCUT2D eigenvalue weighted by Gasteiger charge is -2.21. The number of alkyl halides is 3. The molecular weight excluding hydrogens is 250 g/mol. The summed E-state index contributed by atoms with van der Waals surface area (Å²) in [6.45, 7) is 1.27. The van der Waals surface area contributed by atoms with Crippen LogP contribution in [0.1, 0.15) is 16.1 Å². The van der Waals surface area contributed by atoms with Gasteiger partial charge in [-0.1, -0.05) is 0 Å². The van der Waals surface area contributed by atoms with Crippen LogP contribution in [0.3, 0.4) is 0 Å². The molecule has 1 heterocycles. The van der Waals surface area contributed by atoms with Crippen LogP contribution in [0.4, 0.5) is 8.78 Å². The molecule has 0 fully saturated rings. The topological polar surface area (TPSA) is 33.2 Å². The van der Waals surface area contributed by atoms with E-state index >= 15 is 0 Å². The summed E-state index contributed by atoms with van der Waals surface area (Å²) in [7, 11) is 0. The second-order valence-electron chi connectivity index (χ2n) is 3.52. The summed E-state index contributed by atoms with van der Waals surface area (Å²) in [4.78, 5) is 16.9. The largest absolute Gasteiger partial charge is 0.332 e. The van der Waals surface area contributed by atoms with Gasteiger partial charge in [-0.05, 0) is 19.1 Å². The third kappa shape index (κ3) is 4.26. The monoisotopic (exact) mass is 262 g/mol. The van der Waals surface area contributed by atoms with Crippen molar-refractivity contribution in [1.29, 1.82) is 0 Å². The number of pyridine rings is 1. The Morgan fingerprint density at radius 1 is 1.53 bits per heavy atom. The van der Waals surface area contributed by atoms with E-state index in [1.807, 2.05) is 0 Å². The molecule has 0 atom stereocenters. The van der Waals surface area contributed by atoms with E-state index in [-0.39, 0.29) is 12.4 Å². The van der Waals surface area contributed by atoms with Crippen LogP contribution in [-0.2, 0) is 0 Å². The van der Waals surface area contributed by atoms with E-state index in [0.29, 0.717) is 5.56 Å². The molecule has 0 saturated heterocycles. The molecule has 0 radical (unpaired) electrons. The van der Waals surface area contributed by atoms with Crippen LogP contribution in [0.25, 0.3) is 0 Å². The average Bonchev–Trinajstić information content (AvgIpc) is 2.28. The normalized spacial score (nSPS) is 10.6. The highest BCUT2D eigenvalue weighted by Crippen LogP contribution is 2.07. The average molecular weight is 263 g/mol. The molecule has 3 nitrogen and oxygen atoms in total. The fourth-order valence-electron chi connectivity index (χ4n) is 1.32. The number of hydrogen-bond donors (Lipinski definition) is 0. The highest BCUT2D eigenvalue weighted by molar-refractivity contribution is 6.18. The van der Waals surface area contributed by atoms with Crippen LogP contribution in [0.2, 0.25) is 0 Å². The fourth-order valence-corrected chi connectivity index (χ4v) is 1.53. The summed E-state index contributed by atoms with van der Waals surface area (Å²) in [6, 6.07) is 3.23. The van der Waals surface area contributed by atoms with E-state index in [9.17, 15) is 13.6 Å². The number of aryl methyl sites for hydroxylation is 1. The van der Waals surface area contributed by atoms with Crippen molar-refractivity contribution >= 4 is 17.5 Å². The molecule has 0 saturated carbocycles. The summed E-state index contributed by atoms with van der Waals surface area (Å²) in [5.41, 5.74) is 1.06. The molecule has 0 N–H and O–H groups in total. The van der Waals surface area contributed by atoms with Crippen LogP contribution in [0, 0.1) is 6.92 Å². The molecule has 94 valence electrons. The molecule has 0 bridgehead atoms. The maximum Gasteiger partial charge on any atom is 0.255 e. The standard InChI is InChI=1S/C11H13ClF2N2O/c1-8-2-3-9(6-15-8)11(17)16(5-4-12)7-10(13)14/h2-3,6,10H,4-5,7H2,1H3. The first-order valence-corrected chi connectivity index (χ1v) is 5.64. The van der Waals surface area contributed by atoms with Gasteiger partial charge in [0.25, 0.3) is 12.3 Å². The number of carbonyl (C=O) groups excluding carboxylic acids is 1. The van der Waals surface area contributed by atoms with Crippen LogP contribution in [0.15, 0.2) is 18.3 Å². The molecule has 1 rings (SSSR count). The van der Waals surface area contributed by atoms with Gasteiger partial charge in [0.15, 0.2) is 0 Å². The lowest BCUT2D eigenvalue weighted by atomic mass is 10.2. The van der Waals surface area contributed by atoms with Crippen molar-refractivity contribution in [2.45, 2.75) is 13.3 Å². The Kier molecular flexibility index (Phi) is 5.28. The highest BCUT2D eigenvalue weighted by atomic mass is 35.5. The van der Waals surface area contributed by atoms with Crippen molar-refractivity contribution in [2.24, 2.45) is 0 Å². The van der Waals surface area contributed by atoms with Crippen LogP contribution < -0.4 is 0 Å². The second-order valence-corrected chi connectivity index (χ2v) is 3.90. The number of rotatable bonds is 5. The molecule has 1 amide bonds. The smallest absolute Gasteiger partial charge is 0.255 e. The third-order valence-corrected chi connectivity index (χ3v) is 2.33. The van der Waals surface area contributed by atoms with Gasteiger partial charge < -0.3 is 4.90 Å². The maximum absolute atomic E-state index is 12.3. The molecule has 0 unspecified atom stereocenters. The lowest BCUT2D eigenvalue weighted by Crippen LogP contribution is -2.36. The Labute approximate surface area is 103 Å². The first-order chi connectivity index (χ1) is 8.04. The number of aromatic nitrogens is 1. The predicted octanol–water partition coefficient (Wildman–Crippen LogP) is 2.34. The first kappa shape index (κ1) is 13.8. The summed E-state index contributed by atoms with van der Waals surface area (Å²) in [5.74, 6) is -0.351. The van der Waals surface area contributed by atoms with Crippen molar-refractivity contribution in [2.75, 3.05) is 19.0 Å². The van der Waals surface area contributed by atoms with Crippen LogP contribution >= 0.6 is 11.6 Å².